The lowest BCUT2D eigenvalue weighted by atomic mass is 10.1. The number of amides is 2. The highest BCUT2D eigenvalue weighted by Gasteiger charge is 2.34. The van der Waals surface area contributed by atoms with Crippen LogP contribution in [0.2, 0.25) is 10.0 Å². The lowest BCUT2D eigenvalue weighted by molar-refractivity contribution is -0.141. The molecule has 0 aliphatic heterocycles. The Bertz CT molecular complexity index is 1170. The number of anilines is 1. The number of benzene rings is 2. The van der Waals surface area contributed by atoms with Crippen molar-refractivity contribution in [3.63, 3.8) is 0 Å². The summed E-state index contributed by atoms with van der Waals surface area (Å²) in [6, 6.07) is 12.5. The molecule has 0 spiro atoms. The van der Waals surface area contributed by atoms with Crippen molar-refractivity contribution in [1.29, 1.82) is 0 Å². The number of hydrogen-bond donors (Lipinski definition) is 1. The summed E-state index contributed by atoms with van der Waals surface area (Å²) in [6.45, 7) is 6.89. The van der Waals surface area contributed by atoms with Crippen LogP contribution in [0.4, 0.5) is 5.69 Å². The van der Waals surface area contributed by atoms with Gasteiger partial charge in [0.2, 0.25) is 11.8 Å². The van der Waals surface area contributed by atoms with E-state index in [1.807, 2.05) is 20.8 Å². The number of carbonyl (C=O) groups excluding carboxylic acids is 2. The molecule has 0 saturated carbocycles. The molecule has 8 nitrogen and oxygen atoms in total. The molecule has 0 aromatic heterocycles. The van der Waals surface area contributed by atoms with Crippen LogP contribution in [0.25, 0.3) is 0 Å². The Balaban J connectivity index is 2.52. The Morgan fingerprint density at radius 1 is 1.00 bits per heavy atom. The summed E-state index contributed by atoms with van der Waals surface area (Å²) in [5, 5.41) is 3.60. The van der Waals surface area contributed by atoms with Gasteiger partial charge in [0, 0.05) is 26.2 Å². The molecular formula is C25H34Cl2N4O4S. The van der Waals surface area contributed by atoms with E-state index in [2.05, 4.69) is 5.32 Å². The highest BCUT2D eigenvalue weighted by Crippen LogP contribution is 2.25. The number of nitrogens with one attached hydrogen (secondary N) is 1. The summed E-state index contributed by atoms with van der Waals surface area (Å²) in [6.07, 6.45) is 0.320. The summed E-state index contributed by atoms with van der Waals surface area (Å²) in [4.78, 5) is 28.4. The number of carbonyl (C=O) groups is 2. The van der Waals surface area contributed by atoms with Gasteiger partial charge in [0.15, 0.2) is 0 Å². The quantitative estimate of drug-likeness (QED) is 0.471. The first-order chi connectivity index (χ1) is 16.7. The minimum absolute atomic E-state index is 0.0381. The molecule has 0 aliphatic carbocycles. The molecule has 0 fully saturated rings. The fourth-order valence-electron chi connectivity index (χ4n) is 3.52. The molecule has 2 rings (SSSR count). The van der Waals surface area contributed by atoms with Crippen LogP contribution >= 0.6 is 23.2 Å². The van der Waals surface area contributed by atoms with Gasteiger partial charge in [0.05, 0.1) is 15.7 Å². The first-order valence-corrected chi connectivity index (χ1v) is 13.6. The van der Waals surface area contributed by atoms with Crippen molar-refractivity contribution in [2.75, 3.05) is 24.9 Å². The Kier molecular flexibility index (Phi) is 10.2. The molecular weight excluding hydrogens is 523 g/mol. The zero-order chi connectivity index (χ0) is 27.3. The molecule has 1 atom stereocenters. The van der Waals surface area contributed by atoms with Crippen LogP contribution in [0.1, 0.15) is 39.7 Å². The van der Waals surface area contributed by atoms with Crippen LogP contribution in [0.5, 0.6) is 0 Å². The highest BCUT2D eigenvalue weighted by molar-refractivity contribution is 7.90. The van der Waals surface area contributed by atoms with Crippen molar-refractivity contribution in [3.05, 3.63) is 64.1 Å². The van der Waals surface area contributed by atoms with Gasteiger partial charge in [0.1, 0.15) is 12.6 Å². The van der Waals surface area contributed by atoms with Crippen molar-refractivity contribution >= 4 is 50.9 Å². The van der Waals surface area contributed by atoms with Gasteiger partial charge in [-0.1, -0.05) is 54.4 Å². The van der Waals surface area contributed by atoms with Crippen molar-refractivity contribution in [3.8, 4) is 0 Å². The molecule has 0 radical (unpaired) electrons. The van der Waals surface area contributed by atoms with Crippen molar-refractivity contribution < 1.29 is 18.0 Å². The second-order valence-corrected chi connectivity index (χ2v) is 12.4. The third-order valence-electron chi connectivity index (χ3n) is 5.28. The van der Waals surface area contributed by atoms with Gasteiger partial charge in [-0.05, 0) is 57.0 Å². The first kappa shape index (κ1) is 29.9. The molecule has 11 heteroatoms. The van der Waals surface area contributed by atoms with Gasteiger partial charge >= 0.3 is 10.2 Å². The SMILES string of the molecule is CC[C@H](C(=O)NC(C)(C)C)N(Cc1ccc(Cl)c(Cl)c1)C(=O)CN(c1ccccc1)S(=O)(=O)N(C)C. The summed E-state index contributed by atoms with van der Waals surface area (Å²) < 4.78 is 28.4. The predicted molar refractivity (Wildman–Crippen MR) is 145 cm³/mol. The van der Waals surface area contributed by atoms with Gasteiger partial charge < -0.3 is 10.2 Å². The molecule has 2 aromatic carbocycles. The molecule has 0 saturated heterocycles. The zero-order valence-corrected chi connectivity index (χ0v) is 23.8. The molecule has 2 amide bonds. The lowest BCUT2D eigenvalue weighted by Gasteiger charge is -2.35. The van der Waals surface area contributed by atoms with E-state index in [9.17, 15) is 18.0 Å². The van der Waals surface area contributed by atoms with E-state index in [0.717, 1.165) is 8.61 Å². The standard InChI is InChI=1S/C25H34Cl2N4O4S/c1-7-22(24(33)28-25(2,3)4)30(16-18-13-14-20(26)21(27)15-18)23(32)17-31(36(34,35)29(5)6)19-11-9-8-10-12-19/h8-15,22H,7,16-17H2,1-6H3,(H,28,33)/t22-/m1/s1. The Morgan fingerprint density at radius 2 is 1.61 bits per heavy atom. The highest BCUT2D eigenvalue weighted by atomic mass is 35.5. The second-order valence-electron chi connectivity index (χ2n) is 9.57. The topological polar surface area (TPSA) is 90.0 Å². The zero-order valence-electron chi connectivity index (χ0n) is 21.5. The molecule has 1 N–H and O–H groups in total. The third-order valence-corrected chi connectivity index (χ3v) is 7.84. The Morgan fingerprint density at radius 3 is 2.11 bits per heavy atom. The third kappa shape index (κ3) is 7.83. The normalized spacial score (nSPS) is 12.8. The molecule has 2 aromatic rings. The predicted octanol–water partition coefficient (Wildman–Crippen LogP) is 4.33. The number of halogens is 2. The molecule has 0 unspecified atom stereocenters. The minimum Gasteiger partial charge on any atom is -0.350 e. The van der Waals surface area contributed by atoms with Crippen LogP contribution in [0.3, 0.4) is 0 Å². The first-order valence-electron chi connectivity index (χ1n) is 11.5. The molecule has 0 aliphatic rings. The number of para-hydroxylation sites is 1. The molecule has 0 bridgehead atoms. The maximum atomic E-state index is 13.8. The van der Waals surface area contributed by atoms with Gasteiger partial charge in [-0.3, -0.25) is 9.59 Å². The summed E-state index contributed by atoms with van der Waals surface area (Å²) in [5.41, 5.74) is 0.468. The summed E-state index contributed by atoms with van der Waals surface area (Å²) in [7, 11) is -1.21. The summed E-state index contributed by atoms with van der Waals surface area (Å²) in [5.74, 6) is -0.869. The smallest absolute Gasteiger partial charge is 0.304 e. The van der Waals surface area contributed by atoms with E-state index >= 15 is 0 Å². The van der Waals surface area contributed by atoms with E-state index in [0.29, 0.717) is 27.7 Å². The van der Waals surface area contributed by atoms with Crippen molar-refractivity contribution in [1.82, 2.24) is 14.5 Å². The Hall–Kier alpha value is -2.33. The Labute approximate surface area is 224 Å². The average Bonchev–Trinajstić information content (AvgIpc) is 2.78. The lowest BCUT2D eigenvalue weighted by Crippen LogP contribution is -2.55. The molecule has 36 heavy (non-hydrogen) atoms. The number of hydrogen-bond acceptors (Lipinski definition) is 4. The minimum atomic E-state index is -4.01. The molecule has 198 valence electrons. The molecule has 0 heterocycles. The van der Waals surface area contributed by atoms with E-state index < -0.39 is 34.2 Å². The van der Waals surface area contributed by atoms with Gasteiger partial charge in [-0.15, -0.1) is 0 Å². The van der Waals surface area contributed by atoms with Gasteiger partial charge in [-0.2, -0.15) is 12.7 Å². The van der Waals surface area contributed by atoms with Gasteiger partial charge in [0.25, 0.3) is 0 Å². The van der Waals surface area contributed by atoms with Crippen molar-refractivity contribution in [2.45, 2.75) is 52.2 Å². The fourth-order valence-corrected chi connectivity index (χ4v) is 4.89. The number of nitrogens with zero attached hydrogens (tertiary/aromatic N) is 3. The van der Waals surface area contributed by atoms with Crippen LogP contribution in [0, 0.1) is 0 Å². The maximum Gasteiger partial charge on any atom is 0.304 e. The van der Waals surface area contributed by atoms with Crippen LogP contribution in [-0.4, -0.2) is 61.7 Å². The maximum absolute atomic E-state index is 13.8. The van der Waals surface area contributed by atoms with Crippen LogP contribution < -0.4 is 9.62 Å². The van der Waals surface area contributed by atoms with Crippen LogP contribution in [-0.2, 0) is 26.3 Å². The average molecular weight is 558 g/mol. The largest absolute Gasteiger partial charge is 0.350 e. The van der Waals surface area contributed by atoms with Gasteiger partial charge in [-0.25, -0.2) is 4.31 Å². The van der Waals surface area contributed by atoms with E-state index in [4.69, 9.17) is 23.2 Å². The summed E-state index contributed by atoms with van der Waals surface area (Å²) >= 11 is 12.2. The van der Waals surface area contributed by atoms with E-state index in [-0.39, 0.29) is 12.5 Å². The van der Waals surface area contributed by atoms with Crippen LogP contribution in [0.15, 0.2) is 48.5 Å². The fraction of sp³-hybridized carbons (Fsp3) is 0.440. The second kappa shape index (κ2) is 12.3. The monoisotopic (exact) mass is 556 g/mol. The number of rotatable bonds is 10. The van der Waals surface area contributed by atoms with E-state index in [1.165, 1.54) is 19.0 Å². The van der Waals surface area contributed by atoms with Crippen molar-refractivity contribution in [2.24, 2.45) is 0 Å². The van der Waals surface area contributed by atoms with E-state index in [1.54, 1.807) is 55.5 Å².